The lowest BCUT2D eigenvalue weighted by Crippen LogP contribution is -2.44. The van der Waals surface area contributed by atoms with Crippen LogP contribution < -0.4 is 15.7 Å². The molecule has 0 aliphatic heterocycles. The van der Waals surface area contributed by atoms with Crippen LogP contribution in [0, 0.1) is 0 Å². The van der Waals surface area contributed by atoms with E-state index in [4.69, 9.17) is 19.4 Å². The molecular weight excluding hydrogens is 358 g/mol. The fraction of sp³-hybridized carbons (Fsp3) is 0.333. The van der Waals surface area contributed by atoms with Gasteiger partial charge >= 0.3 is 17.6 Å². The highest BCUT2D eigenvalue weighted by molar-refractivity contribution is 5.87. The molecule has 1 amide bonds. The summed E-state index contributed by atoms with van der Waals surface area (Å²) in [7, 11) is 0. The molecule has 9 nitrogen and oxygen atoms in total. The van der Waals surface area contributed by atoms with Crippen molar-refractivity contribution >= 4 is 28.8 Å². The van der Waals surface area contributed by atoms with Crippen LogP contribution in [0.25, 0.3) is 11.0 Å². The predicted molar refractivity (Wildman–Crippen MR) is 93.8 cm³/mol. The molecule has 0 saturated carbocycles. The quantitative estimate of drug-likeness (QED) is 0.553. The lowest BCUT2D eigenvalue weighted by molar-refractivity contribution is -0.147. The molecule has 0 aliphatic rings. The number of aliphatic carboxylic acids is 2. The van der Waals surface area contributed by atoms with Crippen molar-refractivity contribution in [2.45, 2.75) is 32.2 Å². The number of hydrogen-bond acceptors (Lipinski definition) is 6. The second kappa shape index (κ2) is 8.84. The number of rotatable bonds is 9. The van der Waals surface area contributed by atoms with Gasteiger partial charge in [-0.2, -0.15) is 0 Å². The lowest BCUT2D eigenvalue weighted by atomic mass is 10.1. The van der Waals surface area contributed by atoms with Gasteiger partial charge in [0.05, 0.1) is 6.42 Å². The van der Waals surface area contributed by atoms with Crippen molar-refractivity contribution in [3.8, 4) is 5.75 Å². The van der Waals surface area contributed by atoms with Gasteiger partial charge in [-0.3, -0.25) is 9.59 Å². The largest absolute Gasteiger partial charge is 0.484 e. The van der Waals surface area contributed by atoms with Gasteiger partial charge in [-0.1, -0.05) is 13.3 Å². The predicted octanol–water partition coefficient (Wildman–Crippen LogP) is 1.17. The third-order valence-electron chi connectivity index (χ3n) is 3.70. The van der Waals surface area contributed by atoms with E-state index in [9.17, 15) is 19.2 Å². The minimum Gasteiger partial charge on any atom is -0.484 e. The average molecular weight is 377 g/mol. The number of carbonyl (C=O) groups is 3. The number of amides is 1. The molecule has 9 heteroatoms. The highest BCUT2D eigenvalue weighted by Crippen LogP contribution is 2.23. The SMILES string of the molecule is CCCc1cc(=O)oc2cc(OCC(=O)N[C@@H](CC(=O)O)C(=O)O)ccc12. The summed E-state index contributed by atoms with van der Waals surface area (Å²) in [5.41, 5.74) is 0.683. The van der Waals surface area contributed by atoms with Gasteiger partial charge < -0.3 is 24.7 Å². The van der Waals surface area contributed by atoms with Crippen LogP contribution in [0.1, 0.15) is 25.3 Å². The normalized spacial score (nSPS) is 11.7. The summed E-state index contributed by atoms with van der Waals surface area (Å²) < 4.78 is 10.4. The van der Waals surface area contributed by atoms with Crippen LogP contribution in [0.5, 0.6) is 5.75 Å². The van der Waals surface area contributed by atoms with Crippen molar-refractivity contribution in [2.75, 3.05) is 6.61 Å². The first kappa shape index (κ1) is 20.0. The molecule has 0 saturated heterocycles. The average Bonchev–Trinajstić information content (AvgIpc) is 2.58. The standard InChI is InChI=1S/C18H19NO8/c1-2-3-10-6-17(23)27-14-7-11(4-5-12(10)14)26-9-15(20)19-13(18(24)25)8-16(21)22/h4-7,13H,2-3,8-9H2,1H3,(H,19,20)(H,21,22)(H,24,25)/t13-/m0/s1. The Balaban J connectivity index is 2.08. The van der Waals surface area contributed by atoms with Gasteiger partial charge in [0.15, 0.2) is 6.61 Å². The van der Waals surface area contributed by atoms with Crippen molar-refractivity contribution < 1.29 is 33.8 Å². The van der Waals surface area contributed by atoms with E-state index in [1.54, 1.807) is 12.1 Å². The zero-order valence-corrected chi connectivity index (χ0v) is 14.6. The fourth-order valence-corrected chi connectivity index (χ4v) is 2.54. The molecule has 0 spiro atoms. The first-order chi connectivity index (χ1) is 12.8. The number of carboxylic acids is 2. The Morgan fingerprint density at radius 2 is 1.96 bits per heavy atom. The first-order valence-electron chi connectivity index (χ1n) is 8.23. The number of carboxylic acid groups (broad SMARTS) is 2. The monoisotopic (exact) mass is 377 g/mol. The zero-order chi connectivity index (χ0) is 20.0. The summed E-state index contributed by atoms with van der Waals surface area (Å²) in [4.78, 5) is 45.0. The van der Waals surface area contributed by atoms with Gasteiger partial charge in [-0.05, 0) is 24.1 Å². The third kappa shape index (κ3) is 5.56. The Morgan fingerprint density at radius 1 is 1.22 bits per heavy atom. The zero-order valence-electron chi connectivity index (χ0n) is 14.6. The summed E-state index contributed by atoms with van der Waals surface area (Å²) in [6.07, 6.45) is 0.825. The summed E-state index contributed by atoms with van der Waals surface area (Å²) in [6.45, 7) is 1.47. The van der Waals surface area contributed by atoms with Crippen LogP contribution in [0.3, 0.4) is 0 Å². The number of aryl methyl sites for hydroxylation is 1. The minimum atomic E-state index is -1.55. The van der Waals surface area contributed by atoms with E-state index in [-0.39, 0.29) is 5.75 Å². The molecule has 0 radical (unpaired) electrons. The van der Waals surface area contributed by atoms with E-state index in [0.29, 0.717) is 12.0 Å². The van der Waals surface area contributed by atoms with Crippen molar-refractivity contribution in [1.29, 1.82) is 0 Å². The molecule has 27 heavy (non-hydrogen) atoms. The highest BCUT2D eigenvalue weighted by atomic mass is 16.5. The molecule has 144 valence electrons. The Morgan fingerprint density at radius 3 is 2.59 bits per heavy atom. The van der Waals surface area contributed by atoms with Crippen LogP contribution >= 0.6 is 0 Å². The molecule has 0 bridgehead atoms. The fourth-order valence-electron chi connectivity index (χ4n) is 2.54. The van der Waals surface area contributed by atoms with Crippen molar-refractivity contribution in [3.63, 3.8) is 0 Å². The second-order valence-corrected chi connectivity index (χ2v) is 5.84. The van der Waals surface area contributed by atoms with Gasteiger partial charge in [0.2, 0.25) is 0 Å². The Labute approximate surface area is 153 Å². The minimum absolute atomic E-state index is 0.250. The van der Waals surface area contributed by atoms with Crippen molar-refractivity contribution in [2.24, 2.45) is 0 Å². The Kier molecular flexibility index (Phi) is 6.53. The number of fused-ring (bicyclic) bond motifs is 1. The Bertz CT molecular complexity index is 917. The first-order valence-corrected chi connectivity index (χ1v) is 8.23. The number of nitrogens with one attached hydrogen (secondary N) is 1. The molecule has 1 aromatic heterocycles. The maximum Gasteiger partial charge on any atom is 0.336 e. The molecule has 3 N–H and O–H groups in total. The van der Waals surface area contributed by atoms with E-state index in [2.05, 4.69) is 5.32 Å². The molecule has 0 aliphatic carbocycles. The molecule has 1 heterocycles. The maximum absolute atomic E-state index is 11.8. The van der Waals surface area contributed by atoms with E-state index >= 15 is 0 Å². The number of hydrogen-bond donors (Lipinski definition) is 3. The number of ether oxygens (including phenoxy) is 1. The smallest absolute Gasteiger partial charge is 0.336 e. The molecule has 1 atom stereocenters. The van der Waals surface area contributed by atoms with E-state index in [1.165, 1.54) is 12.1 Å². The summed E-state index contributed by atoms with van der Waals surface area (Å²) in [6, 6.07) is 4.66. The van der Waals surface area contributed by atoms with E-state index < -0.39 is 42.5 Å². The van der Waals surface area contributed by atoms with Crippen molar-refractivity contribution in [1.82, 2.24) is 5.32 Å². The summed E-state index contributed by atoms with van der Waals surface area (Å²) >= 11 is 0. The van der Waals surface area contributed by atoms with Crippen molar-refractivity contribution in [3.05, 3.63) is 40.2 Å². The molecule has 2 aromatic rings. The van der Waals surface area contributed by atoms with E-state index in [1.807, 2.05) is 6.92 Å². The van der Waals surface area contributed by atoms with Crippen LogP contribution in [0.4, 0.5) is 0 Å². The lowest BCUT2D eigenvalue weighted by Gasteiger charge is -2.13. The molecule has 0 unspecified atom stereocenters. The maximum atomic E-state index is 11.8. The molecule has 1 aromatic carbocycles. The summed E-state index contributed by atoms with van der Waals surface area (Å²) in [5.74, 6) is -3.35. The topological polar surface area (TPSA) is 143 Å². The van der Waals surface area contributed by atoms with E-state index in [0.717, 1.165) is 17.4 Å². The Hall–Kier alpha value is -3.36. The van der Waals surface area contributed by atoms with Gasteiger partial charge in [-0.25, -0.2) is 9.59 Å². The van der Waals surface area contributed by atoms with Gasteiger partial charge in [0, 0.05) is 17.5 Å². The van der Waals surface area contributed by atoms with Gasteiger partial charge in [-0.15, -0.1) is 0 Å². The van der Waals surface area contributed by atoms with Crippen LogP contribution in [0.15, 0.2) is 33.5 Å². The molecular formula is C18H19NO8. The number of carbonyl (C=O) groups excluding carboxylic acids is 1. The third-order valence-corrected chi connectivity index (χ3v) is 3.70. The number of benzene rings is 1. The van der Waals surface area contributed by atoms with Crippen LogP contribution in [-0.2, 0) is 20.8 Å². The molecule has 2 rings (SSSR count). The second-order valence-electron chi connectivity index (χ2n) is 5.84. The molecule has 0 fully saturated rings. The van der Waals surface area contributed by atoms with Gasteiger partial charge in [0.1, 0.15) is 17.4 Å². The highest BCUT2D eigenvalue weighted by Gasteiger charge is 2.23. The summed E-state index contributed by atoms with van der Waals surface area (Å²) in [5, 5.41) is 20.4. The van der Waals surface area contributed by atoms with Crippen LogP contribution in [-0.4, -0.2) is 40.7 Å². The van der Waals surface area contributed by atoms with Crippen LogP contribution in [0.2, 0.25) is 0 Å². The van der Waals surface area contributed by atoms with Gasteiger partial charge in [0.25, 0.3) is 5.91 Å².